The highest BCUT2D eigenvalue weighted by Crippen LogP contribution is 2.34. The fraction of sp³-hybridized carbons (Fsp3) is 0.533. The van der Waals surface area contributed by atoms with Crippen molar-refractivity contribution in [3.8, 4) is 5.75 Å². The molecule has 1 atom stereocenters. The van der Waals surface area contributed by atoms with E-state index in [-0.39, 0.29) is 18.2 Å². The highest BCUT2D eigenvalue weighted by Gasteiger charge is 2.35. The molecule has 7 heteroatoms. The van der Waals surface area contributed by atoms with Crippen LogP contribution < -0.4 is 14.4 Å². The van der Waals surface area contributed by atoms with Crippen LogP contribution in [0.2, 0.25) is 0 Å². The number of sulfonamides is 1. The summed E-state index contributed by atoms with van der Waals surface area (Å²) in [7, 11) is -3.45. The van der Waals surface area contributed by atoms with E-state index in [4.69, 9.17) is 4.74 Å². The van der Waals surface area contributed by atoms with Crippen molar-refractivity contribution in [1.82, 2.24) is 5.32 Å². The van der Waals surface area contributed by atoms with Gasteiger partial charge in [0.15, 0.2) is 6.10 Å². The van der Waals surface area contributed by atoms with Gasteiger partial charge in [-0.2, -0.15) is 0 Å². The molecule has 0 aliphatic carbocycles. The number of rotatable bonds is 6. The summed E-state index contributed by atoms with van der Waals surface area (Å²) >= 11 is 0. The third kappa shape index (κ3) is 3.52. The molecule has 122 valence electrons. The largest absolute Gasteiger partial charge is 0.476 e. The van der Waals surface area contributed by atoms with Gasteiger partial charge in [0, 0.05) is 6.54 Å². The Kier molecular flexibility index (Phi) is 5.28. The summed E-state index contributed by atoms with van der Waals surface area (Å²) in [6, 6.07) is 6.88. The van der Waals surface area contributed by atoms with E-state index in [0.717, 1.165) is 12.8 Å². The zero-order valence-corrected chi connectivity index (χ0v) is 13.7. The number of para-hydroxylation sites is 2. The topological polar surface area (TPSA) is 75.7 Å². The Bertz CT molecular complexity index is 630. The number of carbonyl (C=O) groups is 1. The summed E-state index contributed by atoms with van der Waals surface area (Å²) < 4.78 is 31.5. The Morgan fingerprint density at radius 2 is 2.09 bits per heavy atom. The zero-order chi connectivity index (χ0) is 16.2. The number of nitrogens with one attached hydrogen (secondary N) is 1. The van der Waals surface area contributed by atoms with Crippen molar-refractivity contribution >= 4 is 21.6 Å². The molecule has 2 rings (SSSR count). The van der Waals surface area contributed by atoms with E-state index in [9.17, 15) is 13.2 Å². The first kappa shape index (κ1) is 16.6. The molecule has 1 unspecified atom stereocenters. The van der Waals surface area contributed by atoms with Crippen molar-refractivity contribution in [3.05, 3.63) is 24.3 Å². The molecule has 1 aromatic carbocycles. The SMILES string of the molecule is CCCCNC(=O)C1CN(S(=O)(=O)CC)c2ccccc2O1. The summed E-state index contributed by atoms with van der Waals surface area (Å²) in [4.78, 5) is 12.2. The van der Waals surface area contributed by atoms with Gasteiger partial charge < -0.3 is 10.1 Å². The predicted molar refractivity (Wildman–Crippen MR) is 85.6 cm³/mol. The van der Waals surface area contributed by atoms with Gasteiger partial charge in [-0.05, 0) is 25.5 Å². The Balaban J connectivity index is 2.23. The number of ether oxygens (including phenoxy) is 1. The maximum Gasteiger partial charge on any atom is 0.263 e. The summed E-state index contributed by atoms with van der Waals surface area (Å²) in [5, 5.41) is 2.79. The average Bonchev–Trinajstić information content (AvgIpc) is 2.53. The van der Waals surface area contributed by atoms with Crippen molar-refractivity contribution < 1.29 is 17.9 Å². The minimum absolute atomic E-state index is 0.00510. The molecule has 0 radical (unpaired) electrons. The minimum Gasteiger partial charge on any atom is -0.476 e. The molecule has 0 spiro atoms. The molecule has 22 heavy (non-hydrogen) atoms. The van der Waals surface area contributed by atoms with Gasteiger partial charge in [0.2, 0.25) is 10.0 Å². The number of hydrogen-bond acceptors (Lipinski definition) is 4. The summed E-state index contributed by atoms with van der Waals surface area (Å²) in [5.74, 6) is 0.117. The summed E-state index contributed by atoms with van der Waals surface area (Å²) in [6.07, 6.45) is 1.03. The van der Waals surface area contributed by atoms with Crippen LogP contribution in [0.1, 0.15) is 26.7 Å². The number of anilines is 1. The third-order valence-electron chi connectivity index (χ3n) is 3.56. The molecule has 6 nitrogen and oxygen atoms in total. The molecule has 1 aliphatic rings. The van der Waals surface area contributed by atoms with Crippen LogP contribution in [-0.2, 0) is 14.8 Å². The van der Waals surface area contributed by atoms with Gasteiger partial charge in [0.25, 0.3) is 5.91 Å². The van der Waals surface area contributed by atoms with Crippen LogP contribution >= 0.6 is 0 Å². The Morgan fingerprint density at radius 1 is 1.36 bits per heavy atom. The average molecular weight is 326 g/mol. The van der Waals surface area contributed by atoms with E-state index in [1.54, 1.807) is 31.2 Å². The minimum atomic E-state index is -3.45. The van der Waals surface area contributed by atoms with Crippen LogP contribution in [0.25, 0.3) is 0 Å². The van der Waals surface area contributed by atoms with Gasteiger partial charge in [-0.1, -0.05) is 25.5 Å². The van der Waals surface area contributed by atoms with E-state index in [1.807, 2.05) is 6.92 Å². The quantitative estimate of drug-likeness (QED) is 0.804. The fourth-order valence-electron chi connectivity index (χ4n) is 2.26. The van der Waals surface area contributed by atoms with Crippen LogP contribution in [0.3, 0.4) is 0 Å². The molecular weight excluding hydrogens is 304 g/mol. The van der Waals surface area contributed by atoms with E-state index in [0.29, 0.717) is 18.0 Å². The molecule has 1 aromatic rings. The van der Waals surface area contributed by atoms with Crippen molar-refractivity contribution in [2.75, 3.05) is 23.1 Å². The Labute approximate surface area is 131 Å². The maximum atomic E-state index is 12.3. The molecule has 1 N–H and O–H groups in total. The first-order chi connectivity index (χ1) is 10.5. The molecule has 0 saturated heterocycles. The maximum absolute atomic E-state index is 12.3. The lowest BCUT2D eigenvalue weighted by atomic mass is 10.2. The molecule has 0 fully saturated rings. The van der Waals surface area contributed by atoms with Gasteiger partial charge in [-0.3, -0.25) is 9.10 Å². The van der Waals surface area contributed by atoms with E-state index >= 15 is 0 Å². The van der Waals surface area contributed by atoms with E-state index in [1.165, 1.54) is 4.31 Å². The third-order valence-corrected chi connectivity index (χ3v) is 5.30. The second kappa shape index (κ2) is 7.00. The highest BCUT2D eigenvalue weighted by atomic mass is 32.2. The van der Waals surface area contributed by atoms with Gasteiger partial charge in [-0.15, -0.1) is 0 Å². The van der Waals surface area contributed by atoms with E-state index < -0.39 is 16.1 Å². The Morgan fingerprint density at radius 3 is 2.77 bits per heavy atom. The van der Waals surface area contributed by atoms with Gasteiger partial charge >= 0.3 is 0 Å². The first-order valence-corrected chi connectivity index (χ1v) is 9.14. The molecule has 1 amide bonds. The van der Waals surface area contributed by atoms with Crippen molar-refractivity contribution in [3.63, 3.8) is 0 Å². The van der Waals surface area contributed by atoms with Gasteiger partial charge in [0.05, 0.1) is 18.0 Å². The lowest BCUT2D eigenvalue weighted by Gasteiger charge is -2.34. The van der Waals surface area contributed by atoms with Crippen LogP contribution in [-0.4, -0.2) is 39.3 Å². The first-order valence-electron chi connectivity index (χ1n) is 7.53. The second-order valence-electron chi connectivity index (χ2n) is 5.15. The zero-order valence-electron chi connectivity index (χ0n) is 12.9. The molecule has 1 aliphatic heterocycles. The standard InChI is InChI=1S/C15H22N2O4S/c1-3-5-10-16-15(18)14-11-17(22(19,20)4-2)12-8-6-7-9-13(12)21-14/h6-9,14H,3-5,10-11H2,1-2H3,(H,16,18). The highest BCUT2D eigenvalue weighted by molar-refractivity contribution is 7.92. The monoisotopic (exact) mass is 326 g/mol. The van der Waals surface area contributed by atoms with Gasteiger partial charge in [-0.25, -0.2) is 8.42 Å². The molecule has 0 aromatic heterocycles. The lowest BCUT2D eigenvalue weighted by Crippen LogP contribution is -2.51. The predicted octanol–water partition coefficient (Wildman–Crippen LogP) is 1.52. The number of benzene rings is 1. The normalized spacial score (nSPS) is 17.5. The van der Waals surface area contributed by atoms with Crippen molar-refractivity contribution in [1.29, 1.82) is 0 Å². The van der Waals surface area contributed by atoms with Gasteiger partial charge in [0.1, 0.15) is 5.75 Å². The number of amides is 1. The smallest absolute Gasteiger partial charge is 0.263 e. The molecule has 0 bridgehead atoms. The molecule has 0 saturated carbocycles. The van der Waals surface area contributed by atoms with Crippen molar-refractivity contribution in [2.45, 2.75) is 32.8 Å². The van der Waals surface area contributed by atoms with Crippen molar-refractivity contribution in [2.24, 2.45) is 0 Å². The number of nitrogens with zero attached hydrogens (tertiary/aromatic N) is 1. The fourth-order valence-corrected chi connectivity index (χ4v) is 3.38. The lowest BCUT2D eigenvalue weighted by molar-refractivity contribution is -0.127. The van der Waals surface area contributed by atoms with E-state index in [2.05, 4.69) is 5.32 Å². The summed E-state index contributed by atoms with van der Waals surface area (Å²) in [5.41, 5.74) is 0.488. The van der Waals surface area contributed by atoms with Crippen LogP contribution in [0, 0.1) is 0 Å². The molecular formula is C15H22N2O4S. The van der Waals surface area contributed by atoms with Crippen LogP contribution in [0.4, 0.5) is 5.69 Å². The Hall–Kier alpha value is -1.76. The number of unbranched alkanes of at least 4 members (excludes halogenated alkanes) is 1. The number of carbonyl (C=O) groups excluding carboxylic acids is 1. The number of fused-ring (bicyclic) bond motifs is 1. The second-order valence-corrected chi connectivity index (χ2v) is 7.33. The van der Waals surface area contributed by atoms with Crippen LogP contribution in [0.5, 0.6) is 5.75 Å². The molecule has 1 heterocycles. The van der Waals surface area contributed by atoms with Crippen LogP contribution in [0.15, 0.2) is 24.3 Å². The summed E-state index contributed by atoms with van der Waals surface area (Å²) in [6.45, 7) is 4.20. The number of hydrogen-bond donors (Lipinski definition) is 1.